The normalized spacial score (nSPS) is 0. The van der Waals surface area contributed by atoms with E-state index in [2.05, 4.69) is 0 Å². The zero-order valence-electron chi connectivity index (χ0n) is 2.08. The first-order chi connectivity index (χ1) is 0. The minimum absolute atomic E-state index is 0. The molecule has 0 amide bonds. The van der Waals surface area contributed by atoms with E-state index in [1.54, 1.807) is 0 Å². The van der Waals surface area contributed by atoms with Crippen molar-refractivity contribution in [3.8, 4) is 0 Å². The van der Waals surface area contributed by atoms with Gasteiger partial charge in [0.05, 0.1) is 0 Å². The van der Waals surface area contributed by atoms with E-state index in [1.165, 1.54) is 0 Å². The summed E-state index contributed by atoms with van der Waals surface area (Å²) in [5.41, 5.74) is 0. The van der Waals surface area contributed by atoms with Crippen LogP contribution in [0.2, 0.25) is 0 Å². The summed E-state index contributed by atoms with van der Waals surface area (Å²) >= 11 is 0. The Hall–Kier alpha value is 1.85. The van der Waals surface area contributed by atoms with Crippen molar-refractivity contribution in [1.29, 1.82) is 0 Å². The van der Waals surface area contributed by atoms with Crippen molar-refractivity contribution < 1.29 is 76.7 Å². The molecule has 0 aromatic heterocycles. The smallest absolute Gasteiger partial charge is 2.00 e. The van der Waals surface area contributed by atoms with E-state index in [4.69, 9.17) is 0 Å². The maximum absolute atomic E-state index is 0. The summed E-state index contributed by atoms with van der Waals surface area (Å²) in [5, 5.41) is 0. The molecule has 0 bridgehead atoms. The summed E-state index contributed by atoms with van der Waals surface area (Å²) in [6, 6.07) is 0. The minimum atomic E-state index is 0. The maximum atomic E-state index is 0. The molecule has 3 nitrogen and oxygen atoms in total. The summed E-state index contributed by atoms with van der Waals surface area (Å²) in [7, 11) is 0. The Balaban J connectivity index is 0. The zero-order chi connectivity index (χ0) is 0. The molecule has 0 aromatic rings. The fourth-order valence-corrected chi connectivity index (χ4v) is 0. The van der Waals surface area contributed by atoms with Crippen LogP contribution in [0.1, 0.15) is 0 Å². The van der Waals surface area contributed by atoms with Gasteiger partial charge in [0, 0.05) is 0 Å². The Morgan fingerprint density at radius 3 is 0.600 bits per heavy atom. The fourth-order valence-electron chi connectivity index (χ4n) is 0. The summed E-state index contributed by atoms with van der Waals surface area (Å²) in [4.78, 5) is 0. The van der Waals surface area contributed by atoms with Crippen LogP contribution in [0.3, 0.4) is 0 Å². The molecule has 0 heterocycles. The van der Waals surface area contributed by atoms with Crippen LogP contribution in [0.15, 0.2) is 0 Å². The van der Waals surface area contributed by atoms with Crippen molar-refractivity contribution in [2.45, 2.75) is 0 Å². The van der Waals surface area contributed by atoms with Gasteiger partial charge in [-0.3, -0.25) is 0 Å². The fraction of sp³-hybridized carbons (Fsp3) is 0. The van der Waals surface area contributed by atoms with Gasteiger partial charge >= 0.3 is 60.3 Å². The van der Waals surface area contributed by atoms with Gasteiger partial charge in [-0.05, 0) is 0 Å². The van der Waals surface area contributed by atoms with Gasteiger partial charge in [-0.15, -0.1) is 0 Å². The predicted octanol–water partition coefficient (Wildman–Crippen LogP) is -0.359. The first kappa shape index (κ1) is 68.3. The number of hydrogen-bond donors (Lipinski definition) is 0. The van der Waals surface area contributed by atoms with E-state index in [9.17, 15) is 0 Å². The maximum Gasteiger partial charge on any atom is 3.00 e. The third-order valence-electron chi connectivity index (χ3n) is 0. The molecule has 5 heavy (non-hydrogen) atoms. The molecule has 0 fully saturated rings. The largest absolute Gasteiger partial charge is 3.00 e. The van der Waals surface area contributed by atoms with Crippen LogP contribution in [-0.2, 0) is 35.9 Å². The van der Waals surface area contributed by atoms with Crippen molar-refractivity contribution in [3.05, 3.63) is 0 Å². The standard InChI is InChI=1S/Nd.3O.Ru/q+3;3*-2;+3. The molecule has 30 valence electrons. The van der Waals surface area contributed by atoms with Gasteiger partial charge in [-0.2, -0.15) is 0 Å². The molecule has 0 aliphatic heterocycles. The van der Waals surface area contributed by atoms with Gasteiger partial charge in [0.15, 0.2) is 0 Å². The van der Waals surface area contributed by atoms with Gasteiger partial charge in [0.25, 0.3) is 0 Å². The Labute approximate surface area is 75.7 Å². The molecule has 0 aliphatic carbocycles. The second kappa shape index (κ2) is 40.1. The summed E-state index contributed by atoms with van der Waals surface area (Å²) in [6.45, 7) is 0. The SMILES string of the molecule is [Nd+3].[O-2].[O-2].[O-2].[Ru+3]. The zero-order valence-corrected chi connectivity index (χ0v) is 7.02. The minimum Gasteiger partial charge on any atom is -2.00 e. The first-order valence-corrected chi connectivity index (χ1v) is 0. The summed E-state index contributed by atoms with van der Waals surface area (Å²) < 4.78 is 0. The predicted molar refractivity (Wildman–Crippen MR) is 2.06 cm³/mol. The second-order valence-corrected chi connectivity index (χ2v) is 0. The number of rotatable bonds is 0. The molecule has 0 aliphatic rings. The molecule has 2 radical (unpaired) electrons. The molecule has 5 heteroatoms. The van der Waals surface area contributed by atoms with Crippen molar-refractivity contribution in [3.63, 3.8) is 0 Å². The third kappa shape index (κ3) is 25.3. The topological polar surface area (TPSA) is 85.5 Å². The van der Waals surface area contributed by atoms with Gasteiger partial charge in [0.1, 0.15) is 0 Å². The average Bonchev–Trinajstić information content (AvgIpc) is 0. The Kier molecular flexibility index (Phi) is 548. The van der Waals surface area contributed by atoms with Gasteiger partial charge in [-0.25, -0.2) is 0 Å². The van der Waals surface area contributed by atoms with Crippen LogP contribution >= 0.6 is 0 Å². The molecule has 0 N–H and O–H groups in total. The first-order valence-electron chi connectivity index (χ1n) is 0. The van der Waals surface area contributed by atoms with Crippen molar-refractivity contribution >= 4 is 0 Å². The van der Waals surface area contributed by atoms with Crippen LogP contribution in [0.4, 0.5) is 0 Å². The Morgan fingerprint density at radius 2 is 0.600 bits per heavy atom. The second-order valence-electron chi connectivity index (χ2n) is 0. The molecule has 0 atom stereocenters. The van der Waals surface area contributed by atoms with Gasteiger partial charge in [-0.1, -0.05) is 0 Å². The molecule has 0 spiro atoms. The summed E-state index contributed by atoms with van der Waals surface area (Å²) in [5.74, 6) is 0. The van der Waals surface area contributed by atoms with E-state index in [-0.39, 0.29) is 76.7 Å². The van der Waals surface area contributed by atoms with Gasteiger partial charge < -0.3 is 16.4 Å². The third-order valence-corrected chi connectivity index (χ3v) is 0. The van der Waals surface area contributed by atoms with Crippen LogP contribution in [0.5, 0.6) is 0 Å². The van der Waals surface area contributed by atoms with Crippen LogP contribution in [0.25, 0.3) is 0 Å². The van der Waals surface area contributed by atoms with Crippen molar-refractivity contribution in [2.75, 3.05) is 0 Å². The van der Waals surface area contributed by atoms with Crippen molar-refractivity contribution in [1.82, 2.24) is 0 Å². The van der Waals surface area contributed by atoms with E-state index in [0.29, 0.717) is 0 Å². The monoisotopic (exact) mass is 292 g/mol. The van der Waals surface area contributed by atoms with E-state index < -0.39 is 0 Å². The van der Waals surface area contributed by atoms with E-state index in [1.807, 2.05) is 0 Å². The van der Waals surface area contributed by atoms with Crippen LogP contribution < -0.4 is 0 Å². The summed E-state index contributed by atoms with van der Waals surface area (Å²) in [6.07, 6.45) is 0. The molecule has 0 unspecified atom stereocenters. The van der Waals surface area contributed by atoms with Gasteiger partial charge in [0.2, 0.25) is 0 Å². The van der Waals surface area contributed by atoms with Crippen LogP contribution in [-0.4, -0.2) is 0 Å². The quantitative estimate of drug-likeness (QED) is 0.546. The molecule has 0 saturated carbocycles. The van der Waals surface area contributed by atoms with E-state index >= 15 is 0 Å². The Bertz CT molecular complexity index is 6.85. The molecular formula is NdO3Ru. The molecular weight excluding hydrogens is 293 g/mol. The molecule has 0 aromatic carbocycles. The number of hydrogen-bond acceptors (Lipinski definition) is 0. The van der Waals surface area contributed by atoms with Crippen LogP contribution in [0, 0.1) is 40.8 Å². The average molecular weight is 293 g/mol. The van der Waals surface area contributed by atoms with Crippen molar-refractivity contribution in [2.24, 2.45) is 0 Å². The molecule has 0 rings (SSSR count). The molecule has 0 saturated heterocycles. The Morgan fingerprint density at radius 1 is 0.600 bits per heavy atom. The van der Waals surface area contributed by atoms with E-state index in [0.717, 1.165) is 0 Å².